The Morgan fingerprint density at radius 3 is 2.95 bits per heavy atom. The Kier molecular flexibility index (Phi) is 4.45. The van der Waals surface area contributed by atoms with Crippen molar-refractivity contribution in [2.24, 2.45) is 0 Å². The number of nitrogens with zero attached hydrogens (tertiary/aromatic N) is 2. The average Bonchev–Trinajstić information content (AvgIpc) is 3.01. The molecular weight excluding hydrogens is 266 g/mol. The molecule has 0 amide bonds. The number of aromatic nitrogens is 1. The summed E-state index contributed by atoms with van der Waals surface area (Å²) in [6, 6.07) is 11.8. The fraction of sp³-hybridized carbons (Fsp3) is 0.438. The lowest BCUT2D eigenvalue weighted by molar-refractivity contribution is 0.143. The number of benzene rings is 1. The minimum Gasteiger partial charge on any atom is -0.307 e. The molecule has 1 aliphatic rings. The number of thiazole rings is 1. The van der Waals surface area contributed by atoms with Gasteiger partial charge in [-0.3, -0.25) is 4.90 Å². The zero-order valence-electron chi connectivity index (χ0n) is 11.8. The third-order valence-electron chi connectivity index (χ3n) is 4.00. The molecule has 1 aromatic heterocycles. The Balaban J connectivity index is 1.61. The Labute approximate surface area is 124 Å². The highest BCUT2D eigenvalue weighted by atomic mass is 32.1. The van der Waals surface area contributed by atoms with E-state index in [1.54, 1.807) is 11.3 Å². The third-order valence-corrected chi connectivity index (χ3v) is 4.84. The van der Waals surface area contributed by atoms with Gasteiger partial charge in [0.1, 0.15) is 0 Å². The Bertz CT molecular complexity index is 512. The van der Waals surface area contributed by atoms with Crippen molar-refractivity contribution < 1.29 is 0 Å². The van der Waals surface area contributed by atoms with Crippen LogP contribution >= 0.6 is 11.3 Å². The third kappa shape index (κ3) is 3.26. The number of hydrogen-bond acceptors (Lipinski definition) is 4. The average molecular weight is 287 g/mol. The molecule has 2 aromatic rings. The zero-order valence-corrected chi connectivity index (χ0v) is 12.6. The molecule has 0 aliphatic carbocycles. The van der Waals surface area contributed by atoms with Gasteiger partial charge >= 0.3 is 0 Å². The Hall–Kier alpha value is -1.23. The van der Waals surface area contributed by atoms with E-state index in [2.05, 4.69) is 57.8 Å². The van der Waals surface area contributed by atoms with Gasteiger partial charge in [0.05, 0.1) is 5.01 Å². The molecule has 3 nitrogen and oxygen atoms in total. The molecule has 2 atom stereocenters. The van der Waals surface area contributed by atoms with E-state index in [0.29, 0.717) is 12.1 Å². The highest BCUT2D eigenvalue weighted by Gasteiger charge is 2.25. The van der Waals surface area contributed by atoms with Gasteiger partial charge in [0.25, 0.3) is 0 Å². The number of nitrogens with one attached hydrogen (secondary N) is 1. The lowest BCUT2D eigenvalue weighted by Gasteiger charge is -2.39. The molecule has 1 aliphatic heterocycles. The molecule has 1 aromatic carbocycles. The smallest absolute Gasteiger partial charge is 0.0937 e. The fourth-order valence-corrected chi connectivity index (χ4v) is 3.37. The quantitative estimate of drug-likeness (QED) is 0.937. The standard InChI is InChI=1S/C16H21N3S/c1-13-11-18-15(14-5-3-2-4-6-14)12-19(13)9-7-16-17-8-10-20-16/h2-6,8,10,13,15,18H,7,9,11-12H2,1H3. The first-order valence-electron chi connectivity index (χ1n) is 7.23. The van der Waals surface area contributed by atoms with Crippen molar-refractivity contribution in [2.45, 2.75) is 25.4 Å². The van der Waals surface area contributed by atoms with Crippen LogP contribution in [-0.2, 0) is 6.42 Å². The number of rotatable bonds is 4. The number of hydrogen-bond donors (Lipinski definition) is 1. The van der Waals surface area contributed by atoms with Crippen LogP contribution in [0.5, 0.6) is 0 Å². The first-order valence-corrected chi connectivity index (χ1v) is 8.11. The van der Waals surface area contributed by atoms with Gasteiger partial charge in [0.15, 0.2) is 0 Å². The van der Waals surface area contributed by atoms with Gasteiger partial charge in [-0.15, -0.1) is 11.3 Å². The maximum atomic E-state index is 4.38. The second-order valence-electron chi connectivity index (χ2n) is 5.39. The lowest BCUT2D eigenvalue weighted by atomic mass is 10.0. The molecule has 0 radical (unpaired) electrons. The highest BCUT2D eigenvalue weighted by Crippen LogP contribution is 2.20. The monoisotopic (exact) mass is 287 g/mol. The minimum atomic E-state index is 0.448. The van der Waals surface area contributed by atoms with Crippen molar-refractivity contribution in [1.29, 1.82) is 0 Å². The van der Waals surface area contributed by atoms with E-state index in [1.807, 2.05) is 6.20 Å². The van der Waals surface area contributed by atoms with Crippen molar-refractivity contribution >= 4 is 11.3 Å². The molecule has 1 fully saturated rings. The SMILES string of the molecule is CC1CNC(c2ccccc2)CN1CCc1nccs1. The second kappa shape index (κ2) is 6.48. The summed E-state index contributed by atoms with van der Waals surface area (Å²) in [6.07, 6.45) is 2.96. The summed E-state index contributed by atoms with van der Waals surface area (Å²) in [5.41, 5.74) is 1.39. The van der Waals surface area contributed by atoms with Crippen LogP contribution in [0.4, 0.5) is 0 Å². The van der Waals surface area contributed by atoms with E-state index in [9.17, 15) is 0 Å². The summed E-state index contributed by atoms with van der Waals surface area (Å²) < 4.78 is 0. The van der Waals surface area contributed by atoms with Gasteiger partial charge < -0.3 is 5.32 Å². The zero-order chi connectivity index (χ0) is 13.8. The highest BCUT2D eigenvalue weighted by molar-refractivity contribution is 7.09. The van der Waals surface area contributed by atoms with E-state index in [-0.39, 0.29) is 0 Å². The fourth-order valence-electron chi connectivity index (χ4n) is 2.76. The predicted octanol–water partition coefficient (Wildman–Crippen LogP) is 2.72. The molecule has 106 valence electrons. The summed E-state index contributed by atoms with van der Waals surface area (Å²) in [5, 5.41) is 6.96. The van der Waals surface area contributed by atoms with Crippen LogP contribution in [0.3, 0.4) is 0 Å². The summed E-state index contributed by atoms with van der Waals surface area (Å²) in [5.74, 6) is 0. The summed E-state index contributed by atoms with van der Waals surface area (Å²) in [7, 11) is 0. The lowest BCUT2D eigenvalue weighted by Crippen LogP contribution is -2.51. The summed E-state index contributed by atoms with van der Waals surface area (Å²) in [4.78, 5) is 6.96. The van der Waals surface area contributed by atoms with E-state index in [1.165, 1.54) is 10.6 Å². The Morgan fingerprint density at radius 2 is 2.20 bits per heavy atom. The van der Waals surface area contributed by atoms with Crippen LogP contribution in [0.15, 0.2) is 41.9 Å². The van der Waals surface area contributed by atoms with E-state index < -0.39 is 0 Å². The van der Waals surface area contributed by atoms with Crippen molar-refractivity contribution in [3.05, 3.63) is 52.5 Å². The van der Waals surface area contributed by atoms with Crippen LogP contribution < -0.4 is 5.32 Å². The molecule has 2 unspecified atom stereocenters. The van der Waals surface area contributed by atoms with E-state index in [0.717, 1.165) is 26.1 Å². The number of piperazine rings is 1. The maximum absolute atomic E-state index is 4.38. The van der Waals surface area contributed by atoms with Crippen LogP contribution in [0, 0.1) is 0 Å². The van der Waals surface area contributed by atoms with Crippen molar-refractivity contribution in [2.75, 3.05) is 19.6 Å². The second-order valence-corrected chi connectivity index (χ2v) is 6.37. The molecule has 0 bridgehead atoms. The van der Waals surface area contributed by atoms with Crippen LogP contribution in [0.2, 0.25) is 0 Å². The van der Waals surface area contributed by atoms with Crippen LogP contribution in [0.1, 0.15) is 23.5 Å². The van der Waals surface area contributed by atoms with Gasteiger partial charge in [-0.25, -0.2) is 4.98 Å². The summed E-state index contributed by atoms with van der Waals surface area (Å²) in [6.45, 7) is 5.53. The molecule has 3 rings (SSSR count). The normalized spacial score (nSPS) is 23.9. The van der Waals surface area contributed by atoms with Crippen LogP contribution in [-0.4, -0.2) is 35.6 Å². The van der Waals surface area contributed by atoms with Gasteiger partial charge in [-0.2, -0.15) is 0 Å². The topological polar surface area (TPSA) is 28.2 Å². The largest absolute Gasteiger partial charge is 0.307 e. The van der Waals surface area contributed by atoms with Gasteiger partial charge in [-0.1, -0.05) is 30.3 Å². The molecule has 0 spiro atoms. The van der Waals surface area contributed by atoms with E-state index in [4.69, 9.17) is 0 Å². The molecule has 0 saturated carbocycles. The molecule has 1 N–H and O–H groups in total. The molecule has 20 heavy (non-hydrogen) atoms. The van der Waals surface area contributed by atoms with Gasteiger partial charge in [0.2, 0.25) is 0 Å². The summed E-state index contributed by atoms with van der Waals surface area (Å²) >= 11 is 1.76. The molecule has 4 heteroatoms. The predicted molar refractivity (Wildman–Crippen MR) is 84.0 cm³/mol. The van der Waals surface area contributed by atoms with E-state index >= 15 is 0 Å². The van der Waals surface area contributed by atoms with Crippen molar-refractivity contribution in [1.82, 2.24) is 15.2 Å². The molecule has 2 heterocycles. The van der Waals surface area contributed by atoms with Crippen molar-refractivity contribution in [3.8, 4) is 0 Å². The molecule has 1 saturated heterocycles. The van der Waals surface area contributed by atoms with Gasteiger partial charge in [0, 0.05) is 49.7 Å². The first-order chi connectivity index (χ1) is 9.83. The first kappa shape index (κ1) is 13.7. The maximum Gasteiger partial charge on any atom is 0.0937 e. The minimum absolute atomic E-state index is 0.448. The van der Waals surface area contributed by atoms with Crippen molar-refractivity contribution in [3.63, 3.8) is 0 Å². The molecular formula is C16H21N3S. The Morgan fingerprint density at radius 1 is 1.35 bits per heavy atom. The van der Waals surface area contributed by atoms with Gasteiger partial charge in [-0.05, 0) is 12.5 Å². The van der Waals surface area contributed by atoms with Crippen LogP contribution in [0.25, 0.3) is 0 Å².